The molecule has 1 amide bonds. The molecule has 1 aromatic heterocycles. The minimum absolute atomic E-state index is 0.132. The summed E-state index contributed by atoms with van der Waals surface area (Å²) in [5, 5.41) is 3.57. The number of carbonyl (C=O) groups excluding carboxylic acids is 1. The van der Waals surface area contributed by atoms with Crippen LogP contribution in [-0.4, -0.2) is 28.9 Å². The number of oxazole rings is 1. The smallest absolute Gasteiger partial charge is 0.311 e. The van der Waals surface area contributed by atoms with Gasteiger partial charge in [0.1, 0.15) is 5.76 Å². The zero-order valence-electron chi connectivity index (χ0n) is 14.8. The van der Waals surface area contributed by atoms with E-state index in [4.69, 9.17) is 16.0 Å². The Morgan fingerprint density at radius 3 is 2.74 bits per heavy atom. The summed E-state index contributed by atoms with van der Waals surface area (Å²) < 4.78 is 5.77. The number of fused-ring (bicyclic) bond motifs is 1. The van der Waals surface area contributed by atoms with E-state index >= 15 is 0 Å². The number of hydrogen-bond donors (Lipinski definition) is 1. The van der Waals surface area contributed by atoms with Crippen LogP contribution in [0.1, 0.15) is 27.7 Å². The van der Waals surface area contributed by atoms with Crippen LogP contribution in [0.25, 0.3) is 0 Å². The van der Waals surface area contributed by atoms with Gasteiger partial charge in [0.25, 0.3) is 5.89 Å². The van der Waals surface area contributed by atoms with Crippen LogP contribution in [0.3, 0.4) is 0 Å². The minimum atomic E-state index is -0.315. The van der Waals surface area contributed by atoms with Crippen LogP contribution in [0.4, 0.5) is 5.69 Å². The molecule has 4 rings (SSSR count). The lowest BCUT2D eigenvalue weighted by Crippen LogP contribution is -2.26. The van der Waals surface area contributed by atoms with E-state index in [1.54, 1.807) is 0 Å². The van der Waals surface area contributed by atoms with E-state index < -0.39 is 0 Å². The van der Waals surface area contributed by atoms with Crippen molar-refractivity contribution in [2.45, 2.75) is 19.4 Å². The first-order chi connectivity index (χ1) is 13.2. The summed E-state index contributed by atoms with van der Waals surface area (Å²) >= 11 is 6.07. The van der Waals surface area contributed by atoms with Gasteiger partial charge >= 0.3 is 5.91 Å². The minimum Gasteiger partial charge on any atom is -0.437 e. The highest BCUT2D eigenvalue weighted by Gasteiger charge is 2.23. The van der Waals surface area contributed by atoms with Crippen LogP contribution in [0, 0.1) is 0 Å². The second-order valence-corrected chi connectivity index (χ2v) is 7.05. The Morgan fingerprint density at radius 1 is 1.11 bits per heavy atom. The molecule has 0 radical (unpaired) electrons. The van der Waals surface area contributed by atoms with Gasteiger partial charge in [-0.05, 0) is 29.8 Å². The van der Waals surface area contributed by atoms with Gasteiger partial charge in [-0.1, -0.05) is 41.9 Å². The molecule has 3 aromatic rings. The van der Waals surface area contributed by atoms with Gasteiger partial charge in [-0.15, -0.1) is 0 Å². The largest absolute Gasteiger partial charge is 0.437 e. The first-order valence-electron chi connectivity index (χ1n) is 8.99. The quantitative estimate of drug-likeness (QED) is 0.736. The maximum absolute atomic E-state index is 12.4. The molecule has 0 bridgehead atoms. The number of nitrogens with zero attached hydrogens (tertiary/aromatic N) is 2. The maximum atomic E-state index is 12.4. The number of benzene rings is 2. The molecular formula is C21H20ClN3O2. The van der Waals surface area contributed by atoms with Gasteiger partial charge in [0.05, 0.1) is 5.69 Å². The molecule has 0 aliphatic carbocycles. The Hall–Kier alpha value is -2.63. The molecule has 1 aliphatic heterocycles. The van der Waals surface area contributed by atoms with Gasteiger partial charge < -0.3 is 9.73 Å². The Kier molecular flexibility index (Phi) is 5.23. The standard InChI is InChI=1S/C21H20ClN3O2/c22-16-6-4-5-15(13-16)14-25-11-9-18-19(10-12-25)27-21(24-18)20(26)23-17-7-2-1-3-8-17/h1-8,13H,9-12,14H2,(H,23,26). The fourth-order valence-corrected chi connectivity index (χ4v) is 3.48. The van der Waals surface area contributed by atoms with E-state index in [2.05, 4.69) is 21.3 Å². The molecular weight excluding hydrogens is 362 g/mol. The van der Waals surface area contributed by atoms with Gasteiger partial charge in [0.2, 0.25) is 0 Å². The number of anilines is 1. The molecule has 0 atom stereocenters. The molecule has 5 nitrogen and oxygen atoms in total. The molecule has 0 unspecified atom stereocenters. The third kappa shape index (κ3) is 4.38. The predicted octanol–water partition coefficient (Wildman–Crippen LogP) is 4.18. The molecule has 138 valence electrons. The van der Waals surface area contributed by atoms with Crippen molar-refractivity contribution in [1.29, 1.82) is 0 Å². The highest BCUT2D eigenvalue weighted by molar-refractivity contribution is 6.30. The predicted molar refractivity (Wildman–Crippen MR) is 105 cm³/mol. The molecule has 27 heavy (non-hydrogen) atoms. The summed E-state index contributed by atoms with van der Waals surface area (Å²) in [6, 6.07) is 17.2. The van der Waals surface area contributed by atoms with Crippen LogP contribution < -0.4 is 5.32 Å². The lowest BCUT2D eigenvalue weighted by molar-refractivity contribution is 0.0988. The van der Waals surface area contributed by atoms with Crippen molar-refractivity contribution in [2.24, 2.45) is 0 Å². The summed E-state index contributed by atoms with van der Waals surface area (Å²) in [6.45, 7) is 2.56. The number of halogens is 1. The van der Waals surface area contributed by atoms with Gasteiger partial charge in [0, 0.05) is 43.2 Å². The first-order valence-corrected chi connectivity index (χ1v) is 9.37. The van der Waals surface area contributed by atoms with E-state index in [1.807, 2.05) is 48.5 Å². The number of nitrogens with one attached hydrogen (secondary N) is 1. The van der Waals surface area contributed by atoms with E-state index in [0.29, 0.717) is 0 Å². The summed E-state index contributed by atoms with van der Waals surface area (Å²) in [6.07, 6.45) is 1.50. The lowest BCUT2D eigenvalue weighted by atomic mass is 10.2. The summed E-state index contributed by atoms with van der Waals surface area (Å²) in [5.41, 5.74) is 2.79. The van der Waals surface area contributed by atoms with Crippen LogP contribution in [0.2, 0.25) is 5.02 Å². The van der Waals surface area contributed by atoms with Crippen LogP contribution in [0.15, 0.2) is 59.0 Å². The summed E-state index contributed by atoms with van der Waals surface area (Å²) in [7, 11) is 0. The van der Waals surface area contributed by atoms with Gasteiger partial charge in [0.15, 0.2) is 0 Å². The van der Waals surface area contributed by atoms with Gasteiger partial charge in [-0.3, -0.25) is 9.69 Å². The molecule has 1 N–H and O–H groups in total. The Morgan fingerprint density at radius 2 is 1.93 bits per heavy atom. The van der Waals surface area contributed by atoms with Crippen LogP contribution in [0.5, 0.6) is 0 Å². The monoisotopic (exact) mass is 381 g/mol. The van der Waals surface area contributed by atoms with E-state index in [1.165, 1.54) is 5.56 Å². The Bertz CT molecular complexity index is 914. The van der Waals surface area contributed by atoms with Crippen molar-refractivity contribution in [3.63, 3.8) is 0 Å². The van der Waals surface area contributed by atoms with Crippen LogP contribution in [-0.2, 0) is 19.4 Å². The fourth-order valence-electron chi connectivity index (χ4n) is 3.26. The van der Waals surface area contributed by atoms with E-state index in [-0.39, 0.29) is 11.8 Å². The fraction of sp³-hybridized carbons (Fsp3) is 0.238. The first kappa shape index (κ1) is 17.8. The number of rotatable bonds is 4. The highest BCUT2D eigenvalue weighted by Crippen LogP contribution is 2.20. The third-order valence-corrected chi connectivity index (χ3v) is 4.85. The second-order valence-electron chi connectivity index (χ2n) is 6.62. The number of aromatic nitrogens is 1. The van der Waals surface area contributed by atoms with Crippen molar-refractivity contribution < 1.29 is 9.21 Å². The third-order valence-electron chi connectivity index (χ3n) is 4.62. The SMILES string of the molecule is O=C(Nc1ccccc1)c1nc2c(o1)CCN(Cc1cccc(Cl)c1)CC2. The zero-order chi connectivity index (χ0) is 18.6. The van der Waals surface area contributed by atoms with Crippen LogP contribution >= 0.6 is 11.6 Å². The van der Waals surface area contributed by atoms with Crippen molar-refractivity contribution in [1.82, 2.24) is 9.88 Å². The van der Waals surface area contributed by atoms with Crippen molar-refractivity contribution in [3.8, 4) is 0 Å². The maximum Gasteiger partial charge on any atom is 0.311 e. The average molecular weight is 382 g/mol. The topological polar surface area (TPSA) is 58.4 Å². The number of para-hydroxylation sites is 1. The number of carbonyl (C=O) groups is 1. The van der Waals surface area contributed by atoms with E-state index in [9.17, 15) is 4.79 Å². The van der Waals surface area contributed by atoms with Crippen molar-refractivity contribution in [3.05, 3.63) is 82.5 Å². The number of hydrogen-bond acceptors (Lipinski definition) is 4. The molecule has 2 aromatic carbocycles. The molecule has 0 saturated heterocycles. The normalized spacial score (nSPS) is 14.4. The second kappa shape index (κ2) is 7.94. The van der Waals surface area contributed by atoms with Gasteiger partial charge in [-0.25, -0.2) is 4.98 Å². The molecule has 6 heteroatoms. The highest BCUT2D eigenvalue weighted by atomic mass is 35.5. The van der Waals surface area contributed by atoms with Crippen molar-refractivity contribution in [2.75, 3.05) is 18.4 Å². The van der Waals surface area contributed by atoms with Gasteiger partial charge in [-0.2, -0.15) is 0 Å². The molecule has 0 fully saturated rings. The summed E-state index contributed by atoms with van der Waals surface area (Å²) in [4.78, 5) is 19.2. The summed E-state index contributed by atoms with van der Waals surface area (Å²) in [5.74, 6) is 0.624. The molecule has 0 saturated carbocycles. The van der Waals surface area contributed by atoms with Crippen molar-refractivity contribution >= 4 is 23.2 Å². The Balaban J connectivity index is 1.40. The zero-order valence-corrected chi connectivity index (χ0v) is 15.6. The Labute approximate surface area is 163 Å². The average Bonchev–Trinajstić information content (AvgIpc) is 2.99. The molecule has 2 heterocycles. The lowest BCUT2D eigenvalue weighted by Gasteiger charge is -2.19. The molecule has 1 aliphatic rings. The number of amides is 1. The molecule has 0 spiro atoms. The van der Waals surface area contributed by atoms with E-state index in [0.717, 1.165) is 54.6 Å².